The molecule has 154 valence electrons. The van der Waals surface area contributed by atoms with Crippen LogP contribution in [0.25, 0.3) is 16.4 Å². The van der Waals surface area contributed by atoms with Gasteiger partial charge in [0, 0.05) is 23.9 Å². The molecule has 2 aromatic carbocycles. The van der Waals surface area contributed by atoms with Gasteiger partial charge in [-0.1, -0.05) is 31.2 Å². The Balaban J connectivity index is 1.68. The summed E-state index contributed by atoms with van der Waals surface area (Å²) < 4.78 is 22.1. The Kier molecular flexibility index (Phi) is 5.22. The molecular weight excluding hydrogens is 387 g/mol. The minimum absolute atomic E-state index is 0.0371. The second kappa shape index (κ2) is 7.98. The molecule has 4 aromatic rings. The Morgan fingerprint density at radius 2 is 1.97 bits per heavy atom. The van der Waals surface area contributed by atoms with Gasteiger partial charge in [0.1, 0.15) is 29.5 Å². The minimum Gasteiger partial charge on any atom is -0.496 e. The second-order valence-corrected chi connectivity index (χ2v) is 6.86. The zero-order chi connectivity index (χ0) is 21.3. The van der Waals surface area contributed by atoms with E-state index in [1.165, 1.54) is 6.07 Å². The average Bonchev–Trinajstić information content (AvgIpc) is 3.15. The molecule has 2 heterocycles. The number of halogens is 1. The zero-order valence-corrected chi connectivity index (χ0v) is 16.7. The number of aryl methyl sites for hydroxylation is 1. The highest BCUT2D eigenvalue weighted by molar-refractivity contribution is 5.92. The van der Waals surface area contributed by atoms with Crippen LogP contribution in [-0.2, 0) is 24.3 Å². The number of nitrogens with zero attached hydrogens (tertiary/aromatic N) is 3. The Labute approximate surface area is 171 Å². The van der Waals surface area contributed by atoms with Crippen molar-refractivity contribution < 1.29 is 13.9 Å². The van der Waals surface area contributed by atoms with Gasteiger partial charge in [0.15, 0.2) is 0 Å². The first-order valence-corrected chi connectivity index (χ1v) is 9.61. The summed E-state index contributed by atoms with van der Waals surface area (Å²) in [4.78, 5) is 25.4. The molecule has 1 N–H and O–H groups in total. The lowest BCUT2D eigenvalue weighted by Gasteiger charge is -2.11. The molecule has 0 unspecified atom stereocenters. The van der Waals surface area contributed by atoms with E-state index in [0.29, 0.717) is 29.1 Å². The number of carbonyl (C=O) groups is 1. The highest BCUT2D eigenvalue weighted by atomic mass is 19.1. The van der Waals surface area contributed by atoms with Gasteiger partial charge in [-0.15, -0.1) is 0 Å². The first-order chi connectivity index (χ1) is 14.5. The Morgan fingerprint density at radius 3 is 2.70 bits per heavy atom. The third-order valence-corrected chi connectivity index (χ3v) is 5.02. The maximum absolute atomic E-state index is 13.7. The number of hydrogen-bond acceptors (Lipinski definition) is 4. The number of carbonyl (C=O) groups excluding carboxylic acids is 1. The number of fused-ring (bicyclic) bond motifs is 3. The molecule has 1 amide bonds. The van der Waals surface area contributed by atoms with Crippen molar-refractivity contribution in [3.63, 3.8) is 0 Å². The Bertz CT molecular complexity index is 1310. The maximum atomic E-state index is 13.7. The van der Waals surface area contributed by atoms with Crippen molar-refractivity contribution in [2.24, 2.45) is 0 Å². The predicted molar refractivity (Wildman–Crippen MR) is 111 cm³/mol. The monoisotopic (exact) mass is 408 g/mol. The molecule has 0 saturated heterocycles. The van der Waals surface area contributed by atoms with Crippen molar-refractivity contribution in [1.82, 2.24) is 19.5 Å². The molecular formula is C22H21FN4O3. The lowest BCUT2D eigenvalue weighted by molar-refractivity contribution is -0.122. The van der Waals surface area contributed by atoms with Gasteiger partial charge in [0.2, 0.25) is 5.91 Å². The summed E-state index contributed by atoms with van der Waals surface area (Å²) in [5.41, 5.74) is 1.23. The van der Waals surface area contributed by atoms with Gasteiger partial charge in [0.05, 0.1) is 12.6 Å². The van der Waals surface area contributed by atoms with Crippen molar-refractivity contribution >= 4 is 22.3 Å². The average molecular weight is 408 g/mol. The smallest absolute Gasteiger partial charge is 0.291 e. The molecule has 0 atom stereocenters. The van der Waals surface area contributed by atoms with Gasteiger partial charge in [-0.05, 0) is 24.3 Å². The SMILES string of the molecule is CCc1nn(CC(=O)NCc2ccccc2F)c(=O)c2cc3c(OC)cccc3n12. The van der Waals surface area contributed by atoms with Crippen LogP contribution in [0.4, 0.5) is 4.39 Å². The van der Waals surface area contributed by atoms with Crippen LogP contribution in [0, 0.1) is 5.82 Å². The first kappa shape index (κ1) is 19.6. The fourth-order valence-electron chi connectivity index (χ4n) is 3.54. The van der Waals surface area contributed by atoms with E-state index in [1.54, 1.807) is 35.8 Å². The Morgan fingerprint density at radius 1 is 1.17 bits per heavy atom. The van der Waals surface area contributed by atoms with E-state index in [4.69, 9.17) is 4.74 Å². The number of methoxy groups -OCH3 is 1. The van der Waals surface area contributed by atoms with Gasteiger partial charge in [0.25, 0.3) is 5.56 Å². The van der Waals surface area contributed by atoms with Crippen LogP contribution in [0.1, 0.15) is 18.3 Å². The van der Waals surface area contributed by atoms with E-state index in [0.717, 1.165) is 15.6 Å². The van der Waals surface area contributed by atoms with Crippen molar-refractivity contribution in [2.75, 3.05) is 7.11 Å². The summed E-state index contributed by atoms with van der Waals surface area (Å²) >= 11 is 0. The molecule has 7 nitrogen and oxygen atoms in total. The highest BCUT2D eigenvalue weighted by Gasteiger charge is 2.17. The molecule has 0 radical (unpaired) electrons. The van der Waals surface area contributed by atoms with Gasteiger partial charge >= 0.3 is 0 Å². The van der Waals surface area contributed by atoms with Gasteiger partial charge in [-0.25, -0.2) is 9.07 Å². The molecule has 0 aliphatic carbocycles. The van der Waals surface area contributed by atoms with Crippen LogP contribution < -0.4 is 15.6 Å². The number of ether oxygens (including phenoxy) is 1. The summed E-state index contributed by atoms with van der Waals surface area (Å²) in [6.07, 6.45) is 0.564. The number of rotatable bonds is 6. The standard InChI is InChI=1S/C22H21FN4O3/c1-3-20-25-26(13-21(28)24-12-14-7-4-5-8-16(14)23)22(29)18-11-15-17(27(18)20)9-6-10-19(15)30-2/h4-11H,3,12-13H2,1-2H3,(H,24,28). The van der Waals surface area contributed by atoms with Gasteiger partial charge in [-0.3, -0.25) is 14.0 Å². The molecule has 2 aromatic heterocycles. The van der Waals surface area contributed by atoms with Crippen LogP contribution in [0.5, 0.6) is 5.75 Å². The molecule has 0 aliphatic heterocycles. The van der Waals surface area contributed by atoms with E-state index in [9.17, 15) is 14.0 Å². The predicted octanol–water partition coefficient (Wildman–Crippen LogP) is 2.68. The van der Waals surface area contributed by atoms with E-state index < -0.39 is 11.7 Å². The summed E-state index contributed by atoms with van der Waals surface area (Å²) in [5, 5.41) is 7.84. The maximum Gasteiger partial charge on any atom is 0.291 e. The topological polar surface area (TPSA) is 77.6 Å². The molecule has 0 fully saturated rings. The van der Waals surface area contributed by atoms with Crippen LogP contribution in [0.3, 0.4) is 0 Å². The molecule has 0 saturated carbocycles. The normalized spacial score (nSPS) is 11.2. The number of benzene rings is 2. The zero-order valence-electron chi connectivity index (χ0n) is 16.7. The number of amides is 1. The largest absolute Gasteiger partial charge is 0.496 e. The lowest BCUT2D eigenvalue weighted by Crippen LogP contribution is -2.35. The summed E-state index contributed by atoms with van der Waals surface area (Å²) in [6, 6.07) is 13.6. The minimum atomic E-state index is -0.423. The highest BCUT2D eigenvalue weighted by Crippen LogP contribution is 2.28. The molecule has 8 heteroatoms. The summed E-state index contributed by atoms with van der Waals surface area (Å²) in [5.74, 6) is 0.492. The fraction of sp³-hybridized carbons (Fsp3) is 0.227. The first-order valence-electron chi connectivity index (χ1n) is 9.61. The molecule has 4 rings (SSSR count). The summed E-state index contributed by atoms with van der Waals surface area (Å²) in [7, 11) is 1.58. The van der Waals surface area contributed by atoms with Crippen LogP contribution in [0.2, 0.25) is 0 Å². The number of aromatic nitrogens is 3. The van der Waals surface area contributed by atoms with Gasteiger partial charge in [-0.2, -0.15) is 5.10 Å². The van der Waals surface area contributed by atoms with E-state index in [2.05, 4.69) is 10.4 Å². The third-order valence-electron chi connectivity index (χ3n) is 5.02. The Hall–Kier alpha value is -3.68. The number of hydrogen-bond donors (Lipinski definition) is 1. The fourth-order valence-corrected chi connectivity index (χ4v) is 3.54. The van der Waals surface area contributed by atoms with Crippen LogP contribution in [0.15, 0.2) is 53.3 Å². The molecule has 0 bridgehead atoms. The van der Waals surface area contributed by atoms with Crippen molar-refractivity contribution in [3.05, 3.63) is 76.1 Å². The summed E-state index contributed by atoms with van der Waals surface area (Å²) in [6.45, 7) is 1.71. The van der Waals surface area contributed by atoms with Crippen LogP contribution in [-0.4, -0.2) is 27.2 Å². The van der Waals surface area contributed by atoms with Crippen LogP contribution >= 0.6 is 0 Å². The third kappa shape index (κ3) is 3.41. The molecule has 0 spiro atoms. The second-order valence-electron chi connectivity index (χ2n) is 6.86. The van der Waals surface area contributed by atoms with Crippen molar-refractivity contribution in [1.29, 1.82) is 0 Å². The van der Waals surface area contributed by atoms with Crippen molar-refractivity contribution in [2.45, 2.75) is 26.4 Å². The van der Waals surface area contributed by atoms with Crippen molar-refractivity contribution in [3.8, 4) is 5.75 Å². The van der Waals surface area contributed by atoms with E-state index in [1.807, 2.05) is 25.1 Å². The quantitative estimate of drug-likeness (QED) is 0.532. The molecule has 30 heavy (non-hydrogen) atoms. The van der Waals surface area contributed by atoms with E-state index in [-0.39, 0.29) is 18.6 Å². The van der Waals surface area contributed by atoms with E-state index >= 15 is 0 Å². The number of nitrogens with one attached hydrogen (secondary N) is 1. The molecule has 0 aliphatic rings. The lowest BCUT2D eigenvalue weighted by atomic mass is 10.2. The van der Waals surface area contributed by atoms with Gasteiger partial charge < -0.3 is 10.1 Å².